The molecule has 0 aliphatic heterocycles. The van der Waals surface area contributed by atoms with Gasteiger partial charge in [0.05, 0.1) is 0 Å². The first kappa shape index (κ1) is 12.9. The molecule has 0 fully saturated rings. The third-order valence-corrected chi connectivity index (χ3v) is 3.14. The molecule has 0 saturated carbocycles. The van der Waals surface area contributed by atoms with Gasteiger partial charge >= 0.3 is 0 Å². The van der Waals surface area contributed by atoms with Crippen LogP contribution >= 0.6 is 11.6 Å². The molecular weight excluding hydrogens is 277 g/mol. The Labute approximate surface area is 120 Å². The lowest BCUT2D eigenvalue weighted by molar-refractivity contribution is 0.308. The molecule has 0 aliphatic carbocycles. The first-order chi connectivity index (χ1) is 9.72. The van der Waals surface area contributed by atoms with E-state index >= 15 is 0 Å². The van der Waals surface area contributed by atoms with Crippen LogP contribution in [0.5, 0.6) is 5.75 Å². The second-order valence-corrected chi connectivity index (χ2v) is 4.77. The summed E-state index contributed by atoms with van der Waals surface area (Å²) in [5, 5.41) is 1.02. The van der Waals surface area contributed by atoms with Crippen LogP contribution in [0.15, 0.2) is 54.6 Å². The van der Waals surface area contributed by atoms with Crippen molar-refractivity contribution in [2.24, 2.45) is 0 Å². The molecule has 0 radical (unpaired) electrons. The summed E-state index contributed by atoms with van der Waals surface area (Å²) in [5.74, 6) is 0.0380. The van der Waals surface area contributed by atoms with Crippen molar-refractivity contribution >= 4 is 22.5 Å². The monoisotopic (exact) mass is 287 g/mol. The summed E-state index contributed by atoms with van der Waals surface area (Å²) >= 11 is 5.89. The fourth-order valence-electron chi connectivity index (χ4n) is 1.99. The molecule has 0 unspecified atom stereocenters. The molecule has 100 valence electrons. The van der Waals surface area contributed by atoms with Crippen LogP contribution in [0.4, 0.5) is 4.39 Å². The Morgan fingerprint density at radius 1 is 1.05 bits per heavy atom. The maximum atomic E-state index is 13.6. The number of rotatable bonds is 3. The van der Waals surface area contributed by atoms with E-state index < -0.39 is 0 Å². The molecule has 3 aromatic rings. The van der Waals surface area contributed by atoms with Gasteiger partial charge in [0.1, 0.15) is 28.8 Å². The molecule has 4 heteroatoms. The van der Waals surface area contributed by atoms with E-state index in [1.807, 2.05) is 30.3 Å². The molecule has 20 heavy (non-hydrogen) atoms. The Bertz CT molecular complexity index is 746. The summed E-state index contributed by atoms with van der Waals surface area (Å²) in [6.07, 6.45) is 0. The SMILES string of the molecule is Fc1cc(OCc2ccccc2)c2nc(Cl)ccc2c1. The first-order valence-corrected chi connectivity index (χ1v) is 6.53. The Hall–Kier alpha value is -2.13. The molecule has 0 N–H and O–H groups in total. The third-order valence-electron chi connectivity index (χ3n) is 2.93. The first-order valence-electron chi connectivity index (χ1n) is 6.15. The lowest BCUT2D eigenvalue weighted by Crippen LogP contribution is -1.97. The molecular formula is C16H11ClFNO. The number of ether oxygens (including phenoxy) is 1. The molecule has 3 rings (SSSR count). The summed E-state index contributed by atoms with van der Waals surface area (Å²) in [7, 11) is 0. The summed E-state index contributed by atoms with van der Waals surface area (Å²) in [4.78, 5) is 4.20. The smallest absolute Gasteiger partial charge is 0.149 e. The quantitative estimate of drug-likeness (QED) is 0.657. The molecule has 0 atom stereocenters. The van der Waals surface area contributed by atoms with Crippen molar-refractivity contribution in [2.45, 2.75) is 6.61 Å². The van der Waals surface area contributed by atoms with Crippen LogP contribution in [-0.4, -0.2) is 4.98 Å². The van der Waals surface area contributed by atoms with Crippen LogP contribution in [0, 0.1) is 5.82 Å². The van der Waals surface area contributed by atoms with Gasteiger partial charge in [-0.05, 0) is 23.8 Å². The van der Waals surface area contributed by atoms with Crippen LogP contribution in [-0.2, 0) is 6.61 Å². The van der Waals surface area contributed by atoms with Gasteiger partial charge in [-0.15, -0.1) is 0 Å². The van der Waals surface area contributed by atoms with Crippen LogP contribution in [0.2, 0.25) is 5.15 Å². The number of pyridine rings is 1. The zero-order valence-electron chi connectivity index (χ0n) is 10.5. The van der Waals surface area contributed by atoms with Gasteiger partial charge in [0.15, 0.2) is 0 Å². The zero-order valence-corrected chi connectivity index (χ0v) is 11.3. The largest absolute Gasteiger partial charge is 0.487 e. The number of halogens is 2. The Balaban J connectivity index is 1.96. The van der Waals surface area contributed by atoms with E-state index in [4.69, 9.17) is 16.3 Å². The second-order valence-electron chi connectivity index (χ2n) is 4.38. The van der Waals surface area contributed by atoms with E-state index in [0.717, 1.165) is 5.56 Å². The lowest BCUT2D eigenvalue weighted by atomic mass is 10.2. The number of hydrogen-bond acceptors (Lipinski definition) is 2. The zero-order chi connectivity index (χ0) is 13.9. The highest BCUT2D eigenvalue weighted by molar-refractivity contribution is 6.29. The predicted molar refractivity (Wildman–Crippen MR) is 77.5 cm³/mol. The maximum absolute atomic E-state index is 13.6. The highest BCUT2D eigenvalue weighted by Gasteiger charge is 2.08. The minimum Gasteiger partial charge on any atom is -0.487 e. The minimum absolute atomic E-state index is 0.355. The second kappa shape index (κ2) is 5.47. The Kier molecular flexibility index (Phi) is 3.52. The lowest BCUT2D eigenvalue weighted by Gasteiger charge is -2.09. The minimum atomic E-state index is -0.357. The van der Waals surface area contributed by atoms with Crippen LogP contribution in [0.25, 0.3) is 10.9 Å². The number of benzene rings is 2. The normalized spacial score (nSPS) is 10.7. The van der Waals surface area contributed by atoms with E-state index in [-0.39, 0.29) is 5.82 Å². The van der Waals surface area contributed by atoms with Crippen molar-refractivity contribution in [1.29, 1.82) is 0 Å². The van der Waals surface area contributed by atoms with Crippen LogP contribution in [0.3, 0.4) is 0 Å². The molecule has 2 nitrogen and oxygen atoms in total. The van der Waals surface area contributed by atoms with E-state index in [1.165, 1.54) is 12.1 Å². The van der Waals surface area contributed by atoms with Crippen molar-refractivity contribution in [2.75, 3.05) is 0 Å². The van der Waals surface area contributed by atoms with E-state index in [9.17, 15) is 4.39 Å². The van der Waals surface area contributed by atoms with Gasteiger partial charge in [-0.2, -0.15) is 0 Å². The molecule has 2 aromatic carbocycles. The van der Waals surface area contributed by atoms with Crippen molar-refractivity contribution in [1.82, 2.24) is 4.98 Å². The number of aromatic nitrogens is 1. The fraction of sp³-hybridized carbons (Fsp3) is 0.0625. The highest BCUT2D eigenvalue weighted by Crippen LogP contribution is 2.27. The van der Waals surface area contributed by atoms with E-state index in [0.29, 0.717) is 28.4 Å². The summed E-state index contributed by atoms with van der Waals surface area (Å²) in [6, 6.07) is 15.8. The standard InChI is InChI=1S/C16H11ClFNO/c17-15-7-6-12-8-13(18)9-14(16(12)19-15)20-10-11-4-2-1-3-5-11/h1-9H,10H2. The molecule has 1 aromatic heterocycles. The fourth-order valence-corrected chi connectivity index (χ4v) is 2.14. The average Bonchev–Trinajstić information content (AvgIpc) is 2.46. The highest BCUT2D eigenvalue weighted by atomic mass is 35.5. The summed E-state index contributed by atoms with van der Waals surface area (Å²) in [5.41, 5.74) is 1.57. The van der Waals surface area contributed by atoms with Gasteiger partial charge in [0.25, 0.3) is 0 Å². The molecule has 0 bridgehead atoms. The van der Waals surface area contributed by atoms with Crippen molar-refractivity contribution in [3.8, 4) is 5.75 Å². The molecule has 1 heterocycles. The van der Waals surface area contributed by atoms with Crippen LogP contribution < -0.4 is 4.74 Å². The van der Waals surface area contributed by atoms with Gasteiger partial charge in [0, 0.05) is 11.5 Å². The van der Waals surface area contributed by atoms with Gasteiger partial charge in [-0.3, -0.25) is 0 Å². The Morgan fingerprint density at radius 3 is 2.65 bits per heavy atom. The molecule has 0 aliphatic rings. The van der Waals surface area contributed by atoms with E-state index in [2.05, 4.69) is 4.98 Å². The number of hydrogen-bond donors (Lipinski definition) is 0. The third kappa shape index (κ3) is 2.73. The van der Waals surface area contributed by atoms with Gasteiger partial charge < -0.3 is 4.74 Å². The Morgan fingerprint density at radius 2 is 1.85 bits per heavy atom. The van der Waals surface area contributed by atoms with Gasteiger partial charge in [-0.25, -0.2) is 9.37 Å². The van der Waals surface area contributed by atoms with E-state index in [1.54, 1.807) is 12.1 Å². The van der Waals surface area contributed by atoms with Crippen molar-refractivity contribution in [3.05, 3.63) is 71.1 Å². The summed E-state index contributed by atoms with van der Waals surface area (Å²) < 4.78 is 19.3. The molecule has 0 saturated heterocycles. The number of nitrogens with zero attached hydrogens (tertiary/aromatic N) is 1. The number of fused-ring (bicyclic) bond motifs is 1. The maximum Gasteiger partial charge on any atom is 0.149 e. The molecule has 0 amide bonds. The average molecular weight is 288 g/mol. The topological polar surface area (TPSA) is 22.1 Å². The summed E-state index contributed by atoms with van der Waals surface area (Å²) in [6.45, 7) is 0.355. The van der Waals surface area contributed by atoms with Gasteiger partial charge in [0.2, 0.25) is 0 Å². The molecule has 0 spiro atoms. The van der Waals surface area contributed by atoms with Crippen LogP contribution in [0.1, 0.15) is 5.56 Å². The predicted octanol–water partition coefficient (Wildman–Crippen LogP) is 4.61. The van der Waals surface area contributed by atoms with Gasteiger partial charge in [-0.1, -0.05) is 41.9 Å². The van der Waals surface area contributed by atoms with Crippen molar-refractivity contribution < 1.29 is 9.13 Å². The van der Waals surface area contributed by atoms with Crippen molar-refractivity contribution in [3.63, 3.8) is 0 Å².